The van der Waals surface area contributed by atoms with Gasteiger partial charge in [0.1, 0.15) is 6.54 Å². The maximum atomic E-state index is 12.3. The quantitative estimate of drug-likeness (QED) is 0.523. The number of pyridine rings is 1. The fourth-order valence-corrected chi connectivity index (χ4v) is 3.14. The third-order valence-electron chi connectivity index (χ3n) is 4.36. The standard InChI is InChI=1S/C22H17ClN4O3/c1-14-4-2-5-15(10-14)21-25-22(30-26-21)16-8-9-20(29)27(12-16)13-19(28)24-18-7-3-6-17(23)11-18/h2-12H,13H2,1H3,(H,24,28). The molecule has 0 fully saturated rings. The Morgan fingerprint density at radius 2 is 1.93 bits per heavy atom. The van der Waals surface area contributed by atoms with Crippen molar-refractivity contribution in [2.24, 2.45) is 0 Å². The Morgan fingerprint density at radius 3 is 2.73 bits per heavy atom. The van der Waals surface area contributed by atoms with Crippen molar-refractivity contribution >= 4 is 23.2 Å². The average Bonchev–Trinajstić information content (AvgIpc) is 3.20. The van der Waals surface area contributed by atoms with Gasteiger partial charge < -0.3 is 14.4 Å². The van der Waals surface area contributed by atoms with Gasteiger partial charge in [0, 0.05) is 28.5 Å². The molecule has 0 saturated heterocycles. The van der Waals surface area contributed by atoms with E-state index < -0.39 is 0 Å². The molecule has 0 spiro atoms. The molecule has 0 bridgehead atoms. The van der Waals surface area contributed by atoms with E-state index in [0.717, 1.165) is 11.1 Å². The molecule has 4 rings (SSSR count). The lowest BCUT2D eigenvalue weighted by atomic mass is 10.1. The first-order chi connectivity index (χ1) is 14.5. The van der Waals surface area contributed by atoms with Gasteiger partial charge in [-0.1, -0.05) is 46.6 Å². The summed E-state index contributed by atoms with van der Waals surface area (Å²) in [6.45, 7) is 1.81. The van der Waals surface area contributed by atoms with Crippen LogP contribution in [-0.4, -0.2) is 20.6 Å². The molecule has 1 amide bonds. The van der Waals surface area contributed by atoms with Gasteiger partial charge in [-0.05, 0) is 37.3 Å². The van der Waals surface area contributed by atoms with Crippen molar-refractivity contribution < 1.29 is 9.32 Å². The molecule has 0 radical (unpaired) electrons. The van der Waals surface area contributed by atoms with Crippen LogP contribution >= 0.6 is 11.6 Å². The minimum Gasteiger partial charge on any atom is -0.334 e. The normalized spacial score (nSPS) is 10.7. The molecule has 0 aliphatic carbocycles. The number of rotatable bonds is 5. The van der Waals surface area contributed by atoms with E-state index in [1.54, 1.807) is 30.3 Å². The van der Waals surface area contributed by atoms with Crippen LogP contribution in [0.15, 0.2) is 76.2 Å². The molecule has 0 aliphatic rings. The second-order valence-electron chi connectivity index (χ2n) is 6.74. The Kier molecular flexibility index (Phi) is 5.45. The lowest BCUT2D eigenvalue weighted by Crippen LogP contribution is -2.26. The van der Waals surface area contributed by atoms with Crippen molar-refractivity contribution in [2.45, 2.75) is 13.5 Å². The second-order valence-corrected chi connectivity index (χ2v) is 7.17. The number of hydrogen-bond donors (Lipinski definition) is 1. The van der Waals surface area contributed by atoms with Gasteiger partial charge in [-0.15, -0.1) is 0 Å². The van der Waals surface area contributed by atoms with Crippen molar-refractivity contribution in [3.05, 3.63) is 87.8 Å². The number of nitrogens with zero attached hydrogens (tertiary/aromatic N) is 3. The predicted octanol–water partition coefficient (Wildman–Crippen LogP) is 4.17. The van der Waals surface area contributed by atoms with Gasteiger partial charge in [-0.25, -0.2) is 0 Å². The van der Waals surface area contributed by atoms with Crippen molar-refractivity contribution in [1.82, 2.24) is 14.7 Å². The van der Waals surface area contributed by atoms with Crippen LogP contribution in [0.2, 0.25) is 5.02 Å². The summed E-state index contributed by atoms with van der Waals surface area (Å²) in [5, 5.41) is 7.24. The number of aryl methyl sites for hydroxylation is 1. The minimum absolute atomic E-state index is 0.169. The molecule has 2 heterocycles. The summed E-state index contributed by atoms with van der Waals surface area (Å²) in [4.78, 5) is 29.0. The lowest BCUT2D eigenvalue weighted by molar-refractivity contribution is -0.116. The summed E-state index contributed by atoms with van der Waals surface area (Å²) >= 11 is 5.93. The van der Waals surface area contributed by atoms with Gasteiger partial charge in [0.15, 0.2) is 0 Å². The van der Waals surface area contributed by atoms with Crippen LogP contribution in [0.3, 0.4) is 0 Å². The summed E-state index contributed by atoms with van der Waals surface area (Å²) in [6.07, 6.45) is 1.52. The van der Waals surface area contributed by atoms with Gasteiger partial charge in [-0.3, -0.25) is 9.59 Å². The van der Waals surface area contributed by atoms with E-state index in [1.807, 2.05) is 31.2 Å². The summed E-state index contributed by atoms with van der Waals surface area (Å²) < 4.78 is 6.65. The fourth-order valence-electron chi connectivity index (χ4n) is 2.95. The first-order valence-corrected chi connectivity index (χ1v) is 9.53. The molecule has 2 aromatic carbocycles. The molecular weight excluding hydrogens is 404 g/mol. The number of carbonyl (C=O) groups is 1. The number of hydrogen-bond acceptors (Lipinski definition) is 5. The van der Waals surface area contributed by atoms with Crippen LogP contribution < -0.4 is 10.9 Å². The van der Waals surface area contributed by atoms with Gasteiger partial charge in [-0.2, -0.15) is 4.98 Å². The van der Waals surface area contributed by atoms with Gasteiger partial charge in [0.2, 0.25) is 11.7 Å². The highest BCUT2D eigenvalue weighted by molar-refractivity contribution is 6.30. The molecule has 30 heavy (non-hydrogen) atoms. The topological polar surface area (TPSA) is 90.0 Å². The van der Waals surface area contributed by atoms with E-state index >= 15 is 0 Å². The van der Waals surface area contributed by atoms with Crippen LogP contribution in [0.4, 0.5) is 5.69 Å². The molecule has 1 N–H and O–H groups in total. The zero-order valence-electron chi connectivity index (χ0n) is 16.0. The third-order valence-corrected chi connectivity index (χ3v) is 4.59. The molecule has 0 unspecified atom stereocenters. The smallest absolute Gasteiger partial charge is 0.259 e. The summed E-state index contributed by atoms with van der Waals surface area (Å²) in [6, 6.07) is 17.5. The summed E-state index contributed by atoms with van der Waals surface area (Å²) in [5.41, 5.74) is 2.68. The largest absolute Gasteiger partial charge is 0.334 e. The summed E-state index contributed by atoms with van der Waals surface area (Å²) in [5.74, 6) is 0.350. The van der Waals surface area contributed by atoms with Crippen LogP contribution in [0, 0.1) is 6.92 Å². The molecule has 0 saturated carbocycles. The highest BCUT2D eigenvalue weighted by atomic mass is 35.5. The van der Waals surface area contributed by atoms with Gasteiger partial charge >= 0.3 is 0 Å². The zero-order chi connectivity index (χ0) is 21.1. The highest BCUT2D eigenvalue weighted by Gasteiger charge is 2.13. The third kappa shape index (κ3) is 4.47. The zero-order valence-corrected chi connectivity index (χ0v) is 16.8. The van der Waals surface area contributed by atoms with E-state index in [4.69, 9.17) is 16.1 Å². The molecule has 0 atom stereocenters. The maximum Gasteiger partial charge on any atom is 0.259 e. The first-order valence-electron chi connectivity index (χ1n) is 9.15. The number of aromatic nitrogens is 3. The molecule has 2 aromatic heterocycles. The van der Waals surface area contributed by atoms with Crippen LogP contribution in [0.25, 0.3) is 22.8 Å². The number of carbonyl (C=O) groups excluding carboxylic acids is 1. The first kappa shape index (κ1) is 19.6. The average molecular weight is 421 g/mol. The van der Waals surface area contributed by atoms with Crippen molar-refractivity contribution in [3.63, 3.8) is 0 Å². The molecule has 150 valence electrons. The maximum absolute atomic E-state index is 12.3. The Balaban J connectivity index is 1.55. The van der Waals surface area contributed by atoms with Crippen LogP contribution in [0.5, 0.6) is 0 Å². The number of amides is 1. The Bertz CT molecular complexity index is 1280. The van der Waals surface area contributed by atoms with E-state index in [1.165, 1.54) is 16.8 Å². The van der Waals surface area contributed by atoms with E-state index in [0.29, 0.717) is 22.1 Å². The summed E-state index contributed by atoms with van der Waals surface area (Å²) in [7, 11) is 0. The number of nitrogens with one attached hydrogen (secondary N) is 1. The van der Waals surface area contributed by atoms with E-state index in [-0.39, 0.29) is 23.9 Å². The number of benzene rings is 2. The molecule has 0 aliphatic heterocycles. The molecule has 8 heteroatoms. The SMILES string of the molecule is Cc1cccc(-c2noc(-c3ccc(=O)n(CC(=O)Nc4cccc(Cl)c4)c3)n2)c1. The number of halogens is 1. The van der Waals surface area contributed by atoms with Crippen molar-refractivity contribution in [3.8, 4) is 22.8 Å². The fraction of sp³-hybridized carbons (Fsp3) is 0.0909. The predicted molar refractivity (Wildman–Crippen MR) is 114 cm³/mol. The Hall–Kier alpha value is -3.71. The minimum atomic E-state index is -0.359. The van der Waals surface area contributed by atoms with Crippen LogP contribution in [0.1, 0.15) is 5.56 Å². The second kappa shape index (κ2) is 8.34. The van der Waals surface area contributed by atoms with Crippen molar-refractivity contribution in [2.75, 3.05) is 5.32 Å². The molecular formula is C22H17ClN4O3. The van der Waals surface area contributed by atoms with E-state index in [2.05, 4.69) is 15.5 Å². The monoisotopic (exact) mass is 420 g/mol. The van der Waals surface area contributed by atoms with Gasteiger partial charge in [0.05, 0.1) is 5.56 Å². The molecule has 7 nitrogen and oxygen atoms in total. The Morgan fingerprint density at radius 1 is 1.10 bits per heavy atom. The Labute approximate surface area is 176 Å². The van der Waals surface area contributed by atoms with Gasteiger partial charge in [0.25, 0.3) is 11.4 Å². The van der Waals surface area contributed by atoms with Crippen molar-refractivity contribution in [1.29, 1.82) is 0 Å². The van der Waals surface area contributed by atoms with Crippen LogP contribution in [-0.2, 0) is 11.3 Å². The lowest BCUT2D eigenvalue weighted by Gasteiger charge is -2.08. The highest BCUT2D eigenvalue weighted by Crippen LogP contribution is 2.22. The molecule has 4 aromatic rings. The van der Waals surface area contributed by atoms with E-state index in [9.17, 15) is 9.59 Å². The number of anilines is 1.